The summed E-state index contributed by atoms with van der Waals surface area (Å²) >= 11 is 0. The van der Waals surface area contributed by atoms with E-state index in [1.807, 2.05) is 24.3 Å². The van der Waals surface area contributed by atoms with Crippen molar-refractivity contribution in [1.82, 2.24) is 4.90 Å². The van der Waals surface area contributed by atoms with Gasteiger partial charge in [0, 0.05) is 31.0 Å². The summed E-state index contributed by atoms with van der Waals surface area (Å²) in [6.07, 6.45) is 2.49. The van der Waals surface area contributed by atoms with Gasteiger partial charge in [0.25, 0.3) is 5.91 Å². The van der Waals surface area contributed by atoms with Crippen molar-refractivity contribution in [3.8, 4) is 0 Å². The van der Waals surface area contributed by atoms with Crippen LogP contribution in [0.4, 0.5) is 11.4 Å². The lowest BCUT2D eigenvalue weighted by Gasteiger charge is -2.29. The molecule has 2 aliphatic rings. The molecule has 7 nitrogen and oxygen atoms in total. The molecule has 1 aromatic carbocycles. The fourth-order valence-corrected chi connectivity index (χ4v) is 3.27. The van der Waals surface area contributed by atoms with Crippen LogP contribution in [0.1, 0.15) is 19.8 Å². The molecule has 1 saturated heterocycles. The Kier molecular flexibility index (Phi) is 6.24. The van der Waals surface area contributed by atoms with Crippen LogP contribution in [0, 0.1) is 5.92 Å². The molecule has 3 rings (SSSR count). The lowest BCUT2D eigenvalue weighted by Crippen LogP contribution is -2.49. The van der Waals surface area contributed by atoms with E-state index >= 15 is 0 Å². The standard InChI is InChI=1S/C19H28N4O3/c1-2-22(12-14-3-4-14)17(11-20)19(25)21-15-5-7-16(8-6-15)23-9-10-26-13-18(23)24/h5-8,14,17H,2-4,9-13,20H2,1H3,(H,21,25)/t17-/m0/s1. The average Bonchev–Trinajstić information content (AvgIpc) is 3.47. The van der Waals surface area contributed by atoms with E-state index < -0.39 is 0 Å². The molecule has 26 heavy (non-hydrogen) atoms. The molecule has 7 heteroatoms. The summed E-state index contributed by atoms with van der Waals surface area (Å²) in [4.78, 5) is 28.4. The lowest BCUT2D eigenvalue weighted by molar-refractivity contribution is -0.125. The topological polar surface area (TPSA) is 87.9 Å². The number of hydrogen-bond donors (Lipinski definition) is 2. The molecule has 142 valence electrons. The number of nitrogens with two attached hydrogens (primary N) is 1. The zero-order valence-electron chi connectivity index (χ0n) is 15.3. The first-order valence-corrected chi connectivity index (χ1v) is 9.35. The predicted octanol–water partition coefficient (Wildman–Crippen LogP) is 1.05. The summed E-state index contributed by atoms with van der Waals surface area (Å²) in [6, 6.07) is 7.01. The Balaban J connectivity index is 1.61. The number of amides is 2. The van der Waals surface area contributed by atoms with Crippen molar-refractivity contribution < 1.29 is 14.3 Å². The third-order valence-corrected chi connectivity index (χ3v) is 4.99. The van der Waals surface area contributed by atoms with Gasteiger partial charge in [0.05, 0.1) is 6.61 Å². The number of hydrogen-bond acceptors (Lipinski definition) is 5. The first-order chi connectivity index (χ1) is 12.6. The van der Waals surface area contributed by atoms with E-state index in [0.29, 0.717) is 31.3 Å². The van der Waals surface area contributed by atoms with Gasteiger partial charge >= 0.3 is 0 Å². The number of carbonyl (C=O) groups excluding carboxylic acids is 2. The number of nitrogens with one attached hydrogen (secondary N) is 1. The van der Waals surface area contributed by atoms with Gasteiger partial charge in [-0.05, 0) is 49.6 Å². The quantitative estimate of drug-likeness (QED) is 0.723. The molecule has 0 bridgehead atoms. The second-order valence-corrected chi connectivity index (χ2v) is 6.92. The minimum atomic E-state index is -0.318. The molecule has 2 amide bonds. The van der Waals surface area contributed by atoms with E-state index in [1.54, 1.807) is 4.90 Å². The first-order valence-electron chi connectivity index (χ1n) is 9.35. The van der Waals surface area contributed by atoms with Crippen LogP contribution < -0.4 is 16.0 Å². The van der Waals surface area contributed by atoms with Gasteiger partial charge in [-0.25, -0.2) is 0 Å². The molecular weight excluding hydrogens is 332 g/mol. The lowest BCUT2D eigenvalue weighted by atomic mass is 10.2. The van der Waals surface area contributed by atoms with Crippen molar-refractivity contribution in [3.63, 3.8) is 0 Å². The maximum Gasteiger partial charge on any atom is 0.253 e. The summed E-state index contributed by atoms with van der Waals surface area (Å²) in [7, 11) is 0. The Hall–Kier alpha value is -1.96. The molecule has 0 radical (unpaired) electrons. The number of benzene rings is 1. The molecule has 1 heterocycles. The summed E-state index contributed by atoms with van der Waals surface area (Å²) < 4.78 is 5.15. The highest BCUT2D eigenvalue weighted by Gasteiger charge is 2.30. The van der Waals surface area contributed by atoms with Gasteiger partial charge in [0.1, 0.15) is 12.6 Å². The summed E-state index contributed by atoms with van der Waals surface area (Å²) in [5, 5.41) is 2.95. The predicted molar refractivity (Wildman–Crippen MR) is 101 cm³/mol. The molecule has 1 atom stereocenters. The SMILES string of the molecule is CCN(CC1CC1)[C@@H](CN)C(=O)Nc1ccc(N2CCOCC2=O)cc1. The third kappa shape index (κ3) is 4.60. The minimum absolute atomic E-state index is 0.0464. The Bertz CT molecular complexity index is 630. The molecule has 2 fully saturated rings. The average molecular weight is 360 g/mol. The van der Waals surface area contributed by atoms with E-state index in [9.17, 15) is 9.59 Å². The highest BCUT2D eigenvalue weighted by Crippen LogP contribution is 2.30. The largest absolute Gasteiger partial charge is 0.370 e. The second-order valence-electron chi connectivity index (χ2n) is 6.92. The number of ether oxygens (including phenoxy) is 1. The monoisotopic (exact) mass is 360 g/mol. The molecule has 3 N–H and O–H groups in total. The van der Waals surface area contributed by atoms with Crippen molar-refractivity contribution in [1.29, 1.82) is 0 Å². The zero-order chi connectivity index (χ0) is 18.5. The van der Waals surface area contributed by atoms with Crippen molar-refractivity contribution in [2.75, 3.05) is 49.6 Å². The number of morpholine rings is 1. The second kappa shape index (κ2) is 8.62. The van der Waals surface area contributed by atoms with Crippen molar-refractivity contribution in [2.45, 2.75) is 25.8 Å². The van der Waals surface area contributed by atoms with Crippen LogP contribution in [0.25, 0.3) is 0 Å². The fraction of sp³-hybridized carbons (Fsp3) is 0.579. The summed E-state index contributed by atoms with van der Waals surface area (Å²) in [6.45, 7) is 5.31. The highest BCUT2D eigenvalue weighted by molar-refractivity contribution is 5.97. The Morgan fingerprint density at radius 1 is 1.38 bits per heavy atom. The maximum atomic E-state index is 12.7. The summed E-state index contributed by atoms with van der Waals surface area (Å²) in [5.74, 6) is 0.585. The van der Waals surface area contributed by atoms with Crippen LogP contribution in [0.3, 0.4) is 0 Å². The van der Waals surface area contributed by atoms with Crippen molar-refractivity contribution >= 4 is 23.2 Å². The smallest absolute Gasteiger partial charge is 0.253 e. The molecule has 1 aliphatic heterocycles. The molecule has 1 saturated carbocycles. The van der Waals surface area contributed by atoms with Crippen molar-refractivity contribution in [2.24, 2.45) is 11.7 Å². The molecular formula is C19H28N4O3. The Morgan fingerprint density at radius 2 is 2.12 bits per heavy atom. The molecule has 1 aliphatic carbocycles. The van der Waals surface area contributed by atoms with E-state index in [4.69, 9.17) is 10.5 Å². The van der Waals surface area contributed by atoms with Crippen LogP contribution in [0.2, 0.25) is 0 Å². The normalized spacial score (nSPS) is 18.9. The number of carbonyl (C=O) groups is 2. The van der Waals surface area contributed by atoms with Crippen LogP contribution in [-0.4, -0.2) is 62.1 Å². The summed E-state index contributed by atoms with van der Waals surface area (Å²) in [5.41, 5.74) is 7.40. The Labute approximate surface area is 154 Å². The maximum absolute atomic E-state index is 12.7. The van der Waals surface area contributed by atoms with E-state index in [1.165, 1.54) is 12.8 Å². The highest BCUT2D eigenvalue weighted by atomic mass is 16.5. The molecule has 0 spiro atoms. The van der Waals surface area contributed by atoms with E-state index in [2.05, 4.69) is 17.1 Å². The first kappa shape index (κ1) is 18.8. The van der Waals surface area contributed by atoms with Gasteiger partial charge in [-0.2, -0.15) is 0 Å². The fourth-order valence-electron chi connectivity index (χ4n) is 3.27. The third-order valence-electron chi connectivity index (χ3n) is 4.99. The van der Waals surface area contributed by atoms with E-state index in [0.717, 1.165) is 18.8 Å². The van der Waals surface area contributed by atoms with Gasteiger partial charge < -0.3 is 20.7 Å². The Morgan fingerprint density at radius 3 is 2.69 bits per heavy atom. The van der Waals surface area contributed by atoms with Crippen LogP contribution in [0.15, 0.2) is 24.3 Å². The van der Waals surface area contributed by atoms with Gasteiger partial charge in [-0.1, -0.05) is 6.92 Å². The van der Waals surface area contributed by atoms with Crippen LogP contribution >= 0.6 is 0 Å². The van der Waals surface area contributed by atoms with Gasteiger partial charge in [-0.15, -0.1) is 0 Å². The van der Waals surface area contributed by atoms with Gasteiger partial charge in [-0.3, -0.25) is 14.5 Å². The molecule has 1 aromatic rings. The number of anilines is 2. The molecule has 0 aromatic heterocycles. The minimum Gasteiger partial charge on any atom is -0.370 e. The van der Waals surface area contributed by atoms with Gasteiger partial charge in [0.15, 0.2) is 0 Å². The van der Waals surface area contributed by atoms with Crippen LogP contribution in [-0.2, 0) is 14.3 Å². The van der Waals surface area contributed by atoms with Gasteiger partial charge in [0.2, 0.25) is 5.91 Å². The number of rotatable bonds is 8. The zero-order valence-corrected chi connectivity index (χ0v) is 15.3. The molecule has 0 unspecified atom stereocenters. The number of nitrogens with zero attached hydrogens (tertiary/aromatic N) is 2. The number of likely N-dealkylation sites (N-methyl/N-ethyl adjacent to an activating group) is 1. The van der Waals surface area contributed by atoms with Crippen LogP contribution in [0.5, 0.6) is 0 Å². The van der Waals surface area contributed by atoms with Crippen molar-refractivity contribution in [3.05, 3.63) is 24.3 Å². The van der Waals surface area contributed by atoms with E-state index in [-0.39, 0.29) is 24.5 Å².